The Bertz CT molecular complexity index is 906. The van der Waals surface area contributed by atoms with Crippen molar-refractivity contribution in [1.82, 2.24) is 9.88 Å². The zero-order valence-corrected chi connectivity index (χ0v) is 17.5. The number of H-pyrrole nitrogens is 1. The molecule has 2 atom stereocenters. The number of hydrogen-bond acceptors (Lipinski definition) is 4. The van der Waals surface area contributed by atoms with Gasteiger partial charge < -0.3 is 14.6 Å². The number of carbonyl (C=O) groups is 3. The predicted molar refractivity (Wildman–Crippen MR) is 111 cm³/mol. The largest absolute Gasteiger partial charge is 0.462 e. The highest BCUT2D eigenvalue weighted by Crippen LogP contribution is 2.32. The summed E-state index contributed by atoms with van der Waals surface area (Å²) in [5, 5.41) is 0. The van der Waals surface area contributed by atoms with Crippen molar-refractivity contribution in [3.05, 3.63) is 47.3 Å². The Kier molecular flexibility index (Phi) is 6.20. The molecule has 0 spiro atoms. The molecular weight excluding hydrogens is 368 g/mol. The average molecular weight is 396 g/mol. The molecule has 1 N–H and O–H groups in total. The molecule has 1 fully saturated rings. The van der Waals surface area contributed by atoms with E-state index in [9.17, 15) is 14.4 Å². The van der Waals surface area contributed by atoms with E-state index in [0.717, 1.165) is 19.3 Å². The first-order valence-electron chi connectivity index (χ1n) is 10.2. The van der Waals surface area contributed by atoms with Crippen LogP contribution in [0.2, 0.25) is 0 Å². The van der Waals surface area contributed by atoms with E-state index in [1.165, 1.54) is 0 Å². The maximum Gasteiger partial charge on any atom is 0.340 e. The number of aryl methyl sites for hydroxylation is 1. The summed E-state index contributed by atoms with van der Waals surface area (Å²) < 4.78 is 5.21. The lowest BCUT2D eigenvalue weighted by Gasteiger charge is -2.38. The summed E-state index contributed by atoms with van der Waals surface area (Å²) in [6, 6.07) is 9.18. The summed E-state index contributed by atoms with van der Waals surface area (Å²) in [7, 11) is 0. The van der Waals surface area contributed by atoms with Gasteiger partial charge in [-0.15, -0.1) is 0 Å². The number of esters is 1. The fraction of sp³-hybridized carbons (Fsp3) is 0.435. The van der Waals surface area contributed by atoms with E-state index in [-0.39, 0.29) is 24.4 Å². The van der Waals surface area contributed by atoms with E-state index < -0.39 is 17.7 Å². The van der Waals surface area contributed by atoms with Crippen LogP contribution in [-0.4, -0.2) is 46.2 Å². The van der Waals surface area contributed by atoms with Gasteiger partial charge in [-0.1, -0.05) is 30.3 Å². The van der Waals surface area contributed by atoms with Crippen molar-refractivity contribution in [3.63, 3.8) is 0 Å². The van der Waals surface area contributed by atoms with Gasteiger partial charge in [-0.3, -0.25) is 9.59 Å². The van der Waals surface area contributed by atoms with Crippen molar-refractivity contribution >= 4 is 17.7 Å². The van der Waals surface area contributed by atoms with Crippen LogP contribution in [-0.2, 0) is 9.53 Å². The van der Waals surface area contributed by atoms with Crippen LogP contribution in [0.3, 0.4) is 0 Å². The Morgan fingerprint density at radius 2 is 1.72 bits per heavy atom. The van der Waals surface area contributed by atoms with Crippen molar-refractivity contribution in [3.8, 4) is 11.1 Å². The Morgan fingerprint density at radius 3 is 2.31 bits per heavy atom. The lowest BCUT2D eigenvalue weighted by atomic mass is 9.95. The predicted octanol–water partition coefficient (Wildman–Crippen LogP) is 4.14. The molecule has 1 aliphatic rings. The number of nitrogens with one attached hydrogen (secondary N) is 1. The number of carbonyl (C=O) groups excluding carboxylic acids is 3. The molecule has 29 heavy (non-hydrogen) atoms. The third-order valence-electron chi connectivity index (χ3n) is 5.58. The van der Waals surface area contributed by atoms with Gasteiger partial charge in [-0.05, 0) is 52.5 Å². The number of aromatic nitrogens is 1. The van der Waals surface area contributed by atoms with Gasteiger partial charge in [0.15, 0.2) is 0 Å². The van der Waals surface area contributed by atoms with Crippen molar-refractivity contribution in [2.45, 2.75) is 59.0 Å². The number of hydrogen-bond donors (Lipinski definition) is 1. The molecule has 154 valence electrons. The van der Waals surface area contributed by atoms with Crippen molar-refractivity contribution in [2.24, 2.45) is 0 Å². The third-order valence-corrected chi connectivity index (χ3v) is 5.58. The highest BCUT2D eigenvalue weighted by molar-refractivity contribution is 6.44. The molecule has 0 radical (unpaired) electrons. The lowest BCUT2D eigenvalue weighted by molar-refractivity contribution is -0.132. The first-order chi connectivity index (χ1) is 13.9. The minimum Gasteiger partial charge on any atom is -0.462 e. The molecule has 0 unspecified atom stereocenters. The summed E-state index contributed by atoms with van der Waals surface area (Å²) in [6.07, 6.45) is 2.81. The summed E-state index contributed by atoms with van der Waals surface area (Å²) in [6.45, 7) is 7.62. The molecule has 1 saturated heterocycles. The highest BCUT2D eigenvalue weighted by atomic mass is 16.5. The molecule has 1 aromatic carbocycles. The summed E-state index contributed by atoms with van der Waals surface area (Å²) in [5.74, 6) is -1.66. The molecule has 3 rings (SSSR count). The summed E-state index contributed by atoms with van der Waals surface area (Å²) in [5.41, 5.74) is 2.08. The van der Waals surface area contributed by atoms with Gasteiger partial charge >= 0.3 is 5.97 Å². The Morgan fingerprint density at radius 1 is 1.10 bits per heavy atom. The topological polar surface area (TPSA) is 79.5 Å². The molecule has 0 saturated carbocycles. The number of likely N-dealkylation sites (tertiary alicyclic amines) is 1. The van der Waals surface area contributed by atoms with Gasteiger partial charge in [0.1, 0.15) is 5.69 Å². The van der Waals surface area contributed by atoms with Crippen LogP contribution in [0.4, 0.5) is 0 Å². The Labute approximate surface area is 171 Å². The van der Waals surface area contributed by atoms with Gasteiger partial charge in [0, 0.05) is 23.3 Å². The van der Waals surface area contributed by atoms with Crippen LogP contribution in [0.1, 0.15) is 66.6 Å². The molecule has 0 aliphatic carbocycles. The second-order valence-corrected chi connectivity index (χ2v) is 7.63. The van der Waals surface area contributed by atoms with Gasteiger partial charge in [0.2, 0.25) is 0 Å². The molecule has 1 aliphatic heterocycles. The molecule has 6 heteroatoms. The van der Waals surface area contributed by atoms with Crippen LogP contribution >= 0.6 is 0 Å². The van der Waals surface area contributed by atoms with Crippen LogP contribution in [0.15, 0.2) is 30.3 Å². The number of Topliss-reactive ketones (excluding diaryl/α,β-unsaturated/α-hetero) is 1. The van der Waals surface area contributed by atoms with Crippen LogP contribution in [0.25, 0.3) is 11.1 Å². The molecule has 1 amide bonds. The van der Waals surface area contributed by atoms with Crippen molar-refractivity contribution < 1.29 is 19.1 Å². The minimum absolute atomic E-state index is 0.0101. The van der Waals surface area contributed by atoms with Crippen molar-refractivity contribution in [2.75, 3.05) is 6.61 Å². The standard InChI is InChI=1S/C23H28N2O4/c1-5-29-23(28)18-16(4)24-20(19(18)17-12-7-6-8-13-17)21(26)22(27)25-14(2)10-9-11-15(25)3/h6-8,12-15,24H,5,9-11H2,1-4H3/t14-,15+. The van der Waals surface area contributed by atoms with Crippen LogP contribution in [0, 0.1) is 6.92 Å². The number of aromatic amines is 1. The molecular formula is C23H28N2O4. The van der Waals surface area contributed by atoms with Crippen molar-refractivity contribution in [1.29, 1.82) is 0 Å². The lowest BCUT2D eigenvalue weighted by Crippen LogP contribution is -2.50. The van der Waals surface area contributed by atoms with Gasteiger partial charge in [0.05, 0.1) is 12.2 Å². The number of nitrogens with zero attached hydrogens (tertiary/aromatic N) is 1. The zero-order chi connectivity index (χ0) is 21.1. The second-order valence-electron chi connectivity index (χ2n) is 7.63. The second kappa shape index (κ2) is 8.64. The smallest absolute Gasteiger partial charge is 0.340 e. The first-order valence-corrected chi connectivity index (χ1v) is 10.2. The fourth-order valence-electron chi connectivity index (χ4n) is 4.19. The van der Waals surface area contributed by atoms with Gasteiger partial charge in [-0.2, -0.15) is 0 Å². The number of benzene rings is 1. The molecule has 2 aromatic rings. The average Bonchev–Trinajstić information content (AvgIpc) is 3.05. The molecule has 2 heterocycles. The van der Waals surface area contributed by atoms with E-state index in [1.807, 2.05) is 44.2 Å². The molecule has 0 bridgehead atoms. The van der Waals surface area contributed by atoms with Crippen LogP contribution in [0.5, 0.6) is 0 Å². The monoisotopic (exact) mass is 396 g/mol. The summed E-state index contributed by atoms with van der Waals surface area (Å²) >= 11 is 0. The van der Waals surface area contributed by atoms with E-state index in [1.54, 1.807) is 18.7 Å². The number of rotatable bonds is 5. The van der Waals surface area contributed by atoms with E-state index in [0.29, 0.717) is 22.4 Å². The number of piperidine rings is 1. The maximum atomic E-state index is 13.3. The Hall–Kier alpha value is -2.89. The quantitative estimate of drug-likeness (QED) is 0.468. The third kappa shape index (κ3) is 3.97. The first kappa shape index (κ1) is 20.8. The maximum absolute atomic E-state index is 13.3. The van der Waals surface area contributed by atoms with Gasteiger partial charge in [-0.25, -0.2) is 4.79 Å². The van der Waals surface area contributed by atoms with Crippen LogP contribution < -0.4 is 0 Å². The van der Waals surface area contributed by atoms with E-state index in [4.69, 9.17) is 4.74 Å². The molecule has 6 nitrogen and oxygen atoms in total. The minimum atomic E-state index is -0.622. The molecule has 1 aromatic heterocycles. The number of amides is 1. The SMILES string of the molecule is CCOC(=O)c1c(C)[nH]c(C(=O)C(=O)N2[C@H](C)CCC[C@@H]2C)c1-c1ccccc1. The fourth-order valence-corrected chi connectivity index (χ4v) is 4.19. The highest BCUT2D eigenvalue weighted by Gasteiger charge is 2.36. The normalized spacial score (nSPS) is 19.1. The van der Waals surface area contributed by atoms with Gasteiger partial charge in [0.25, 0.3) is 11.7 Å². The number of ether oxygens (including phenoxy) is 1. The number of ketones is 1. The van der Waals surface area contributed by atoms with E-state index >= 15 is 0 Å². The Balaban J connectivity index is 2.09. The zero-order valence-electron chi connectivity index (χ0n) is 17.5. The van der Waals surface area contributed by atoms with E-state index in [2.05, 4.69) is 4.98 Å². The summed E-state index contributed by atoms with van der Waals surface area (Å²) in [4.78, 5) is 43.8.